The highest BCUT2D eigenvalue weighted by molar-refractivity contribution is 5.81. The van der Waals surface area contributed by atoms with Gasteiger partial charge in [0.15, 0.2) is 0 Å². The molecule has 1 aromatic heterocycles. The van der Waals surface area contributed by atoms with Gasteiger partial charge in [-0.3, -0.25) is 0 Å². The summed E-state index contributed by atoms with van der Waals surface area (Å²) in [5.74, 6) is 0. The van der Waals surface area contributed by atoms with Crippen LogP contribution in [-0.4, -0.2) is 4.57 Å². The molecule has 3 aromatic rings. The molecule has 0 unspecified atom stereocenters. The van der Waals surface area contributed by atoms with Gasteiger partial charge in [-0.2, -0.15) is 0 Å². The predicted octanol–water partition coefficient (Wildman–Crippen LogP) is 3.15. The Balaban J connectivity index is 1.98. The molecule has 0 radical (unpaired) electrons. The molecule has 3 rings (SSSR count). The summed E-state index contributed by atoms with van der Waals surface area (Å²) in [5.41, 5.74) is 9.42. The van der Waals surface area contributed by atoms with Crippen molar-refractivity contribution in [1.29, 1.82) is 0 Å². The summed E-state index contributed by atoms with van der Waals surface area (Å²) in [7, 11) is 0. The molecule has 0 spiro atoms. The van der Waals surface area contributed by atoms with E-state index in [1.165, 1.54) is 22.0 Å². The summed E-state index contributed by atoms with van der Waals surface area (Å²) in [6.07, 6.45) is 2.14. The molecule has 0 aliphatic heterocycles. The average molecular weight is 236 g/mol. The quantitative estimate of drug-likeness (QED) is 0.744. The van der Waals surface area contributed by atoms with Gasteiger partial charge in [-0.15, -0.1) is 0 Å². The first-order chi connectivity index (χ1) is 8.86. The first-order valence-electron chi connectivity index (χ1n) is 6.18. The second kappa shape index (κ2) is 4.67. The van der Waals surface area contributed by atoms with E-state index in [0.717, 1.165) is 6.54 Å². The second-order valence-electron chi connectivity index (χ2n) is 4.53. The lowest BCUT2D eigenvalue weighted by Gasteiger charge is -2.06. The van der Waals surface area contributed by atoms with Gasteiger partial charge < -0.3 is 10.3 Å². The molecular weight excluding hydrogens is 220 g/mol. The highest BCUT2D eigenvalue weighted by atomic mass is 14.9. The van der Waals surface area contributed by atoms with E-state index in [9.17, 15) is 0 Å². The number of nitrogens with two attached hydrogens (primary N) is 1. The van der Waals surface area contributed by atoms with Gasteiger partial charge in [0.1, 0.15) is 0 Å². The van der Waals surface area contributed by atoms with Gasteiger partial charge in [0.2, 0.25) is 0 Å². The van der Waals surface area contributed by atoms with Crippen molar-refractivity contribution in [3.63, 3.8) is 0 Å². The van der Waals surface area contributed by atoms with Crippen molar-refractivity contribution < 1.29 is 0 Å². The summed E-state index contributed by atoms with van der Waals surface area (Å²) >= 11 is 0. The number of hydrogen-bond donors (Lipinski definition) is 1. The highest BCUT2D eigenvalue weighted by Gasteiger charge is 2.02. The molecule has 2 heteroatoms. The predicted molar refractivity (Wildman–Crippen MR) is 75.4 cm³/mol. The van der Waals surface area contributed by atoms with Gasteiger partial charge in [0.25, 0.3) is 0 Å². The first-order valence-corrected chi connectivity index (χ1v) is 6.18. The molecule has 18 heavy (non-hydrogen) atoms. The topological polar surface area (TPSA) is 30.9 Å². The molecule has 0 atom stereocenters. The Morgan fingerprint density at radius 1 is 0.889 bits per heavy atom. The summed E-state index contributed by atoms with van der Waals surface area (Å²) in [5, 5.41) is 1.26. The molecule has 0 aliphatic carbocycles. The second-order valence-corrected chi connectivity index (χ2v) is 4.53. The third kappa shape index (κ3) is 2.03. The van der Waals surface area contributed by atoms with Gasteiger partial charge in [-0.05, 0) is 34.7 Å². The minimum atomic E-state index is 0.597. The normalized spacial score (nSPS) is 10.9. The molecule has 0 fully saturated rings. The van der Waals surface area contributed by atoms with Crippen LogP contribution in [0.15, 0.2) is 60.8 Å². The van der Waals surface area contributed by atoms with Crippen molar-refractivity contribution in [1.82, 2.24) is 4.57 Å². The Bertz CT molecular complexity index is 653. The first kappa shape index (κ1) is 11.1. The zero-order valence-corrected chi connectivity index (χ0v) is 10.2. The maximum atomic E-state index is 5.66. The highest BCUT2D eigenvalue weighted by Crippen LogP contribution is 2.18. The smallest absolute Gasteiger partial charge is 0.0483 e. The van der Waals surface area contributed by atoms with E-state index in [1.54, 1.807) is 0 Å². The zero-order valence-electron chi connectivity index (χ0n) is 10.2. The number of fused-ring (bicyclic) bond motifs is 1. The van der Waals surface area contributed by atoms with Crippen LogP contribution in [0.2, 0.25) is 0 Å². The fourth-order valence-corrected chi connectivity index (χ4v) is 2.29. The summed E-state index contributed by atoms with van der Waals surface area (Å²) in [6, 6.07) is 19.1. The lowest BCUT2D eigenvalue weighted by Crippen LogP contribution is -1.98. The van der Waals surface area contributed by atoms with Crippen molar-refractivity contribution in [2.24, 2.45) is 5.73 Å². The SMILES string of the molecule is NCc1ccc2c(ccn2Cc2ccccc2)c1. The maximum Gasteiger partial charge on any atom is 0.0483 e. The van der Waals surface area contributed by atoms with Crippen LogP contribution in [0, 0.1) is 0 Å². The number of nitrogens with zero attached hydrogens (tertiary/aromatic N) is 1. The van der Waals surface area contributed by atoms with Gasteiger partial charge in [0.05, 0.1) is 0 Å². The molecular formula is C16H16N2. The Labute approximate surface area is 107 Å². The van der Waals surface area contributed by atoms with E-state index in [0.29, 0.717) is 6.54 Å². The van der Waals surface area contributed by atoms with Crippen LogP contribution in [0.3, 0.4) is 0 Å². The zero-order chi connectivity index (χ0) is 12.4. The molecule has 1 heterocycles. The summed E-state index contributed by atoms with van der Waals surface area (Å²) in [6.45, 7) is 1.51. The van der Waals surface area contributed by atoms with E-state index in [2.05, 4.69) is 59.3 Å². The van der Waals surface area contributed by atoms with Crippen LogP contribution < -0.4 is 5.73 Å². The maximum absolute atomic E-state index is 5.66. The molecule has 90 valence electrons. The van der Waals surface area contributed by atoms with Crippen LogP contribution in [0.1, 0.15) is 11.1 Å². The molecule has 2 N–H and O–H groups in total. The van der Waals surface area contributed by atoms with Crippen LogP contribution in [-0.2, 0) is 13.1 Å². The summed E-state index contributed by atoms with van der Waals surface area (Å²) in [4.78, 5) is 0. The molecule has 2 nitrogen and oxygen atoms in total. The van der Waals surface area contributed by atoms with Crippen molar-refractivity contribution in [3.05, 3.63) is 71.9 Å². The van der Waals surface area contributed by atoms with Crippen molar-refractivity contribution in [2.75, 3.05) is 0 Å². The van der Waals surface area contributed by atoms with Crippen LogP contribution in [0.25, 0.3) is 10.9 Å². The lowest BCUT2D eigenvalue weighted by molar-refractivity contribution is 0.837. The number of aromatic nitrogens is 1. The van der Waals surface area contributed by atoms with Gasteiger partial charge in [0, 0.05) is 24.8 Å². The molecule has 0 aliphatic rings. The van der Waals surface area contributed by atoms with Gasteiger partial charge in [-0.1, -0.05) is 36.4 Å². The minimum absolute atomic E-state index is 0.597. The monoisotopic (exact) mass is 236 g/mol. The molecule has 0 bridgehead atoms. The third-order valence-corrected chi connectivity index (χ3v) is 3.27. The van der Waals surface area contributed by atoms with Crippen molar-refractivity contribution in [3.8, 4) is 0 Å². The Hall–Kier alpha value is -2.06. The van der Waals surface area contributed by atoms with Crippen molar-refractivity contribution >= 4 is 10.9 Å². The van der Waals surface area contributed by atoms with Gasteiger partial charge >= 0.3 is 0 Å². The molecule has 0 saturated heterocycles. The van der Waals surface area contributed by atoms with Gasteiger partial charge in [-0.25, -0.2) is 0 Å². The Morgan fingerprint density at radius 2 is 1.72 bits per heavy atom. The standard InChI is InChI=1S/C16H16N2/c17-11-14-6-7-16-15(10-14)8-9-18(16)12-13-4-2-1-3-5-13/h1-10H,11-12,17H2. The summed E-state index contributed by atoms with van der Waals surface area (Å²) < 4.78 is 2.27. The van der Waals surface area contributed by atoms with Crippen molar-refractivity contribution in [2.45, 2.75) is 13.1 Å². The van der Waals surface area contributed by atoms with E-state index in [4.69, 9.17) is 5.73 Å². The number of benzene rings is 2. The fourth-order valence-electron chi connectivity index (χ4n) is 2.29. The van der Waals surface area contributed by atoms with E-state index in [-0.39, 0.29) is 0 Å². The van der Waals surface area contributed by atoms with Crippen LogP contribution in [0.5, 0.6) is 0 Å². The van der Waals surface area contributed by atoms with E-state index < -0.39 is 0 Å². The average Bonchev–Trinajstić information content (AvgIpc) is 2.82. The molecule has 0 amide bonds. The Kier molecular flexibility index (Phi) is 2.87. The third-order valence-electron chi connectivity index (χ3n) is 3.27. The molecule has 2 aromatic carbocycles. The number of hydrogen-bond acceptors (Lipinski definition) is 1. The largest absolute Gasteiger partial charge is 0.343 e. The van der Waals surface area contributed by atoms with Crippen LogP contribution in [0.4, 0.5) is 0 Å². The fraction of sp³-hybridized carbons (Fsp3) is 0.125. The minimum Gasteiger partial charge on any atom is -0.343 e. The van der Waals surface area contributed by atoms with Crippen LogP contribution >= 0.6 is 0 Å². The number of rotatable bonds is 3. The lowest BCUT2D eigenvalue weighted by atomic mass is 10.1. The Morgan fingerprint density at radius 3 is 2.50 bits per heavy atom. The van der Waals surface area contributed by atoms with E-state index in [1.807, 2.05) is 6.07 Å². The molecule has 0 saturated carbocycles. The van der Waals surface area contributed by atoms with E-state index >= 15 is 0 Å².